The minimum Gasteiger partial charge on any atom is -0.346 e. The van der Waals surface area contributed by atoms with Crippen LogP contribution in [0.3, 0.4) is 0 Å². The molecule has 5 nitrogen and oxygen atoms in total. The second-order valence-corrected chi connectivity index (χ2v) is 7.22. The molecule has 0 aromatic carbocycles. The molecule has 0 aliphatic carbocycles. The molecule has 0 unspecified atom stereocenters. The molecule has 0 radical (unpaired) electrons. The number of hydrogen-bond acceptors (Lipinski definition) is 4. The van der Waals surface area contributed by atoms with Crippen LogP contribution in [0.25, 0.3) is 0 Å². The van der Waals surface area contributed by atoms with E-state index in [1.165, 1.54) is 4.88 Å². The van der Waals surface area contributed by atoms with E-state index in [0.717, 1.165) is 39.1 Å². The Morgan fingerprint density at radius 2 is 2.05 bits per heavy atom. The molecule has 6 heteroatoms. The van der Waals surface area contributed by atoms with E-state index in [0.29, 0.717) is 13.0 Å². The summed E-state index contributed by atoms with van der Waals surface area (Å²) in [6.07, 6.45) is 1.18. The summed E-state index contributed by atoms with van der Waals surface area (Å²) in [6.45, 7) is 5.09. The number of likely N-dealkylation sites (tertiary alicyclic amines) is 1. The van der Waals surface area contributed by atoms with Crippen LogP contribution >= 0.6 is 11.3 Å². The Balaban J connectivity index is 1.48. The van der Waals surface area contributed by atoms with Crippen LogP contribution in [0, 0.1) is 5.92 Å². The van der Waals surface area contributed by atoms with Crippen LogP contribution < -0.4 is 0 Å². The lowest BCUT2D eigenvalue weighted by Gasteiger charge is -2.37. The standard InChI is InChI=1S/C16H23N3O2S/c1-17-5-4-13(11-15(17)20)16(21)19-8-6-18(7-9-19)12-14-3-2-10-22-14/h2-3,10,13H,4-9,11-12H2,1H3/t13-/m1/s1. The van der Waals surface area contributed by atoms with E-state index in [1.54, 1.807) is 16.2 Å². The topological polar surface area (TPSA) is 43.9 Å². The summed E-state index contributed by atoms with van der Waals surface area (Å²) in [4.78, 5) is 31.8. The predicted molar refractivity (Wildman–Crippen MR) is 86.5 cm³/mol. The zero-order valence-electron chi connectivity index (χ0n) is 13.0. The molecule has 2 aliphatic heterocycles. The number of rotatable bonds is 3. The monoisotopic (exact) mass is 321 g/mol. The van der Waals surface area contributed by atoms with Gasteiger partial charge >= 0.3 is 0 Å². The number of piperazine rings is 1. The number of amides is 2. The van der Waals surface area contributed by atoms with Crippen molar-refractivity contribution >= 4 is 23.2 Å². The van der Waals surface area contributed by atoms with Gasteiger partial charge < -0.3 is 9.80 Å². The van der Waals surface area contributed by atoms with Crippen LogP contribution in [0.5, 0.6) is 0 Å². The largest absolute Gasteiger partial charge is 0.346 e. The lowest BCUT2D eigenvalue weighted by atomic mass is 9.94. The number of piperidine rings is 1. The molecule has 1 aromatic rings. The predicted octanol–water partition coefficient (Wildman–Crippen LogP) is 1.26. The Morgan fingerprint density at radius 1 is 1.27 bits per heavy atom. The van der Waals surface area contributed by atoms with Gasteiger partial charge in [0.15, 0.2) is 0 Å². The van der Waals surface area contributed by atoms with E-state index in [4.69, 9.17) is 0 Å². The highest BCUT2D eigenvalue weighted by molar-refractivity contribution is 7.09. The zero-order valence-corrected chi connectivity index (χ0v) is 13.8. The molecule has 1 aromatic heterocycles. The van der Waals surface area contributed by atoms with Gasteiger partial charge in [0, 0.05) is 63.5 Å². The molecule has 3 rings (SSSR count). The number of hydrogen-bond donors (Lipinski definition) is 0. The molecule has 3 heterocycles. The van der Waals surface area contributed by atoms with Gasteiger partial charge in [-0.25, -0.2) is 0 Å². The maximum Gasteiger partial charge on any atom is 0.226 e. The molecule has 2 amide bonds. The van der Waals surface area contributed by atoms with Crippen molar-refractivity contribution in [1.82, 2.24) is 14.7 Å². The molecule has 120 valence electrons. The fraction of sp³-hybridized carbons (Fsp3) is 0.625. The fourth-order valence-corrected chi connectivity index (χ4v) is 3.91. The minimum absolute atomic E-state index is 0.0981. The second kappa shape index (κ2) is 6.79. The van der Waals surface area contributed by atoms with Crippen LogP contribution in [0.1, 0.15) is 17.7 Å². The Labute approximate surface area is 135 Å². The van der Waals surface area contributed by atoms with Gasteiger partial charge in [-0.05, 0) is 17.9 Å². The highest BCUT2D eigenvalue weighted by Gasteiger charge is 2.32. The average Bonchev–Trinajstić information content (AvgIpc) is 3.03. The quantitative estimate of drug-likeness (QED) is 0.842. The van der Waals surface area contributed by atoms with E-state index in [9.17, 15) is 9.59 Å². The van der Waals surface area contributed by atoms with E-state index in [2.05, 4.69) is 22.4 Å². The number of carbonyl (C=O) groups excluding carboxylic acids is 2. The van der Waals surface area contributed by atoms with Gasteiger partial charge in [0.1, 0.15) is 0 Å². The van der Waals surface area contributed by atoms with E-state index >= 15 is 0 Å². The number of nitrogens with zero attached hydrogens (tertiary/aromatic N) is 3. The Kier molecular flexibility index (Phi) is 4.78. The lowest BCUT2D eigenvalue weighted by molar-refractivity contribution is -0.145. The second-order valence-electron chi connectivity index (χ2n) is 6.19. The van der Waals surface area contributed by atoms with Crippen molar-refractivity contribution < 1.29 is 9.59 Å². The molecule has 2 saturated heterocycles. The molecule has 0 spiro atoms. The van der Waals surface area contributed by atoms with E-state index in [-0.39, 0.29) is 17.7 Å². The first kappa shape index (κ1) is 15.5. The highest BCUT2D eigenvalue weighted by Crippen LogP contribution is 2.21. The van der Waals surface area contributed by atoms with Gasteiger partial charge in [-0.1, -0.05) is 6.07 Å². The minimum atomic E-state index is -0.104. The first-order valence-corrected chi connectivity index (χ1v) is 8.79. The van der Waals surface area contributed by atoms with E-state index < -0.39 is 0 Å². The Morgan fingerprint density at radius 3 is 2.68 bits per heavy atom. The summed E-state index contributed by atoms with van der Waals surface area (Å²) in [7, 11) is 1.81. The van der Waals surface area contributed by atoms with Gasteiger partial charge in [-0.2, -0.15) is 0 Å². The zero-order chi connectivity index (χ0) is 15.5. The first-order valence-electron chi connectivity index (χ1n) is 7.91. The molecule has 0 N–H and O–H groups in total. The Bertz CT molecular complexity index is 524. The maximum atomic E-state index is 12.6. The van der Waals surface area contributed by atoms with Gasteiger partial charge in [0.25, 0.3) is 0 Å². The molecule has 0 bridgehead atoms. The third-order valence-electron chi connectivity index (χ3n) is 4.65. The number of carbonyl (C=O) groups is 2. The molecular weight excluding hydrogens is 298 g/mol. The van der Waals surface area contributed by atoms with Gasteiger partial charge in [-0.3, -0.25) is 14.5 Å². The third kappa shape index (κ3) is 3.50. The lowest BCUT2D eigenvalue weighted by Crippen LogP contribution is -2.51. The average molecular weight is 321 g/mol. The van der Waals surface area contributed by atoms with Gasteiger partial charge in [-0.15, -0.1) is 11.3 Å². The Hall–Kier alpha value is -1.40. The van der Waals surface area contributed by atoms with Crippen LogP contribution in [0.4, 0.5) is 0 Å². The molecule has 2 fully saturated rings. The van der Waals surface area contributed by atoms with Crippen molar-refractivity contribution in [2.24, 2.45) is 5.92 Å². The van der Waals surface area contributed by atoms with Crippen molar-refractivity contribution in [3.63, 3.8) is 0 Å². The van der Waals surface area contributed by atoms with Crippen LogP contribution in [0.2, 0.25) is 0 Å². The van der Waals surface area contributed by atoms with Crippen molar-refractivity contribution in [3.8, 4) is 0 Å². The van der Waals surface area contributed by atoms with Crippen LogP contribution in [-0.2, 0) is 16.1 Å². The fourth-order valence-electron chi connectivity index (χ4n) is 3.16. The maximum absolute atomic E-state index is 12.6. The van der Waals surface area contributed by atoms with Crippen molar-refractivity contribution in [3.05, 3.63) is 22.4 Å². The molecule has 0 saturated carbocycles. The molecule has 22 heavy (non-hydrogen) atoms. The summed E-state index contributed by atoms with van der Waals surface area (Å²) in [5.74, 6) is 0.172. The van der Waals surface area contributed by atoms with Crippen molar-refractivity contribution in [1.29, 1.82) is 0 Å². The smallest absolute Gasteiger partial charge is 0.226 e. The summed E-state index contributed by atoms with van der Waals surface area (Å²) < 4.78 is 0. The van der Waals surface area contributed by atoms with Crippen LogP contribution in [0.15, 0.2) is 17.5 Å². The summed E-state index contributed by atoms with van der Waals surface area (Å²) in [6, 6.07) is 4.24. The van der Waals surface area contributed by atoms with Gasteiger partial charge in [0.2, 0.25) is 11.8 Å². The van der Waals surface area contributed by atoms with Crippen LogP contribution in [-0.4, -0.2) is 66.3 Å². The summed E-state index contributed by atoms with van der Waals surface area (Å²) in [5.41, 5.74) is 0. The SMILES string of the molecule is CN1CC[C@@H](C(=O)N2CCN(Cc3cccs3)CC2)CC1=O. The summed E-state index contributed by atoms with van der Waals surface area (Å²) >= 11 is 1.78. The van der Waals surface area contributed by atoms with Crippen molar-refractivity contribution in [2.45, 2.75) is 19.4 Å². The first-order chi connectivity index (χ1) is 10.6. The molecule has 2 aliphatic rings. The highest BCUT2D eigenvalue weighted by atomic mass is 32.1. The third-order valence-corrected chi connectivity index (χ3v) is 5.51. The molecular formula is C16H23N3O2S. The molecule has 1 atom stereocenters. The normalized spacial score (nSPS) is 23.9. The van der Waals surface area contributed by atoms with E-state index in [1.807, 2.05) is 11.9 Å². The number of thiophene rings is 1. The van der Waals surface area contributed by atoms with Crippen molar-refractivity contribution in [2.75, 3.05) is 39.8 Å². The van der Waals surface area contributed by atoms with Gasteiger partial charge in [0.05, 0.1) is 0 Å². The summed E-state index contributed by atoms with van der Waals surface area (Å²) in [5, 5.41) is 2.10.